The molecule has 0 bridgehead atoms. The van der Waals surface area contributed by atoms with Crippen molar-refractivity contribution in [2.75, 3.05) is 31.5 Å². The molecule has 9 heteroatoms. The van der Waals surface area contributed by atoms with E-state index in [1.165, 1.54) is 30.3 Å². The van der Waals surface area contributed by atoms with E-state index < -0.39 is 29.6 Å². The molecule has 1 unspecified atom stereocenters. The van der Waals surface area contributed by atoms with Crippen LogP contribution in [0.15, 0.2) is 42.5 Å². The molecule has 1 aliphatic heterocycles. The molecule has 2 aromatic carbocycles. The number of hydrogen-bond acceptors (Lipinski definition) is 4. The summed E-state index contributed by atoms with van der Waals surface area (Å²) in [5, 5.41) is 15.9. The van der Waals surface area contributed by atoms with E-state index >= 15 is 0 Å². The first-order valence-corrected chi connectivity index (χ1v) is 12.2. The zero-order chi connectivity index (χ0) is 26.7. The number of fused-ring (bicyclic) bond motifs is 1. The third-order valence-electron chi connectivity index (χ3n) is 6.49. The van der Waals surface area contributed by atoms with Crippen LogP contribution >= 0.6 is 0 Å². The minimum absolute atomic E-state index is 0.0499. The quantitative estimate of drug-likeness (QED) is 0.326. The lowest BCUT2D eigenvalue weighted by Crippen LogP contribution is -2.40. The molecule has 194 valence electrons. The number of halogens is 2. The molecule has 2 amide bonds. The van der Waals surface area contributed by atoms with Crippen LogP contribution in [0.1, 0.15) is 41.2 Å². The second-order valence-corrected chi connectivity index (χ2v) is 8.97. The summed E-state index contributed by atoms with van der Waals surface area (Å²) in [5.41, 5.74) is 3.45. The fourth-order valence-electron chi connectivity index (χ4n) is 4.55. The summed E-state index contributed by atoms with van der Waals surface area (Å²) >= 11 is 0. The minimum Gasteiger partial charge on any atom is -0.390 e. The van der Waals surface area contributed by atoms with Gasteiger partial charge in [-0.05, 0) is 62.0 Å². The van der Waals surface area contributed by atoms with E-state index in [0.29, 0.717) is 45.9 Å². The maximum atomic E-state index is 13.9. The van der Waals surface area contributed by atoms with Gasteiger partial charge in [0.1, 0.15) is 11.6 Å². The van der Waals surface area contributed by atoms with Crippen LogP contribution < -0.4 is 10.6 Å². The predicted octanol–water partition coefficient (Wildman–Crippen LogP) is 4.19. The van der Waals surface area contributed by atoms with Gasteiger partial charge in [-0.2, -0.15) is 0 Å². The number of carbonyl (C=O) groups is 2. The largest absolute Gasteiger partial charge is 0.390 e. The van der Waals surface area contributed by atoms with Crippen molar-refractivity contribution in [1.29, 1.82) is 0 Å². The van der Waals surface area contributed by atoms with Crippen LogP contribution in [0.5, 0.6) is 0 Å². The van der Waals surface area contributed by atoms with Crippen LogP contribution in [0.25, 0.3) is 22.8 Å². The lowest BCUT2D eigenvalue weighted by atomic mass is 9.97. The Morgan fingerprint density at radius 2 is 1.78 bits per heavy atom. The van der Waals surface area contributed by atoms with Crippen LogP contribution in [-0.2, 0) is 4.79 Å². The molecule has 0 fully saturated rings. The summed E-state index contributed by atoms with van der Waals surface area (Å²) in [6.07, 6.45) is 0.811. The van der Waals surface area contributed by atoms with Gasteiger partial charge in [0.15, 0.2) is 0 Å². The first kappa shape index (κ1) is 26.2. The topological polar surface area (TPSA) is 97.5 Å². The van der Waals surface area contributed by atoms with E-state index in [9.17, 15) is 23.5 Å². The molecule has 4 rings (SSSR count). The Balaban J connectivity index is 1.73. The number of amides is 2. The number of benzene rings is 2. The second kappa shape index (κ2) is 11.1. The third-order valence-corrected chi connectivity index (χ3v) is 6.49. The van der Waals surface area contributed by atoms with Crippen molar-refractivity contribution >= 4 is 29.2 Å². The number of aromatic nitrogens is 1. The van der Waals surface area contributed by atoms with E-state index in [1.54, 1.807) is 25.1 Å². The first-order chi connectivity index (χ1) is 17.7. The molecule has 37 heavy (non-hydrogen) atoms. The average Bonchev–Trinajstić information content (AvgIpc) is 3.37. The minimum atomic E-state index is -0.757. The normalized spacial score (nSPS) is 14.7. The van der Waals surface area contributed by atoms with Crippen LogP contribution in [-0.4, -0.2) is 59.1 Å². The number of nitrogens with one attached hydrogen (secondary N) is 3. The van der Waals surface area contributed by atoms with E-state index in [4.69, 9.17) is 0 Å². The Hall–Kier alpha value is -3.82. The summed E-state index contributed by atoms with van der Waals surface area (Å²) in [6, 6.07) is 9.71. The predicted molar refractivity (Wildman–Crippen MR) is 140 cm³/mol. The highest BCUT2D eigenvalue weighted by Gasteiger charge is 2.27. The van der Waals surface area contributed by atoms with Crippen molar-refractivity contribution in [2.45, 2.75) is 26.9 Å². The smallest absolute Gasteiger partial charge is 0.256 e. The van der Waals surface area contributed by atoms with Crippen LogP contribution in [0, 0.1) is 18.6 Å². The summed E-state index contributed by atoms with van der Waals surface area (Å²) in [7, 11) is 0. The van der Waals surface area contributed by atoms with Crippen LogP contribution in [0.2, 0.25) is 0 Å². The molecule has 2 heterocycles. The zero-order valence-electron chi connectivity index (χ0n) is 21.0. The van der Waals surface area contributed by atoms with Gasteiger partial charge < -0.3 is 25.6 Å². The van der Waals surface area contributed by atoms with Gasteiger partial charge >= 0.3 is 0 Å². The molecule has 0 saturated heterocycles. The highest BCUT2D eigenvalue weighted by atomic mass is 19.1. The van der Waals surface area contributed by atoms with E-state index in [1.807, 2.05) is 13.8 Å². The van der Waals surface area contributed by atoms with Gasteiger partial charge in [-0.1, -0.05) is 26.0 Å². The number of H-pyrrole nitrogens is 1. The second-order valence-electron chi connectivity index (χ2n) is 8.97. The van der Waals surface area contributed by atoms with Gasteiger partial charge in [0, 0.05) is 41.3 Å². The summed E-state index contributed by atoms with van der Waals surface area (Å²) < 4.78 is 27.6. The summed E-state index contributed by atoms with van der Waals surface area (Å²) in [6.45, 7) is 7.76. The lowest BCUT2D eigenvalue weighted by Gasteiger charge is -2.22. The van der Waals surface area contributed by atoms with Crippen molar-refractivity contribution in [3.05, 3.63) is 76.6 Å². The summed E-state index contributed by atoms with van der Waals surface area (Å²) in [4.78, 5) is 31.3. The number of likely N-dealkylation sites (N-methyl/N-ethyl adjacent to an activating group) is 1. The highest BCUT2D eigenvalue weighted by Crippen LogP contribution is 2.37. The molecule has 4 N–H and O–H groups in total. The van der Waals surface area contributed by atoms with Crippen molar-refractivity contribution in [2.24, 2.45) is 0 Å². The number of aromatic amines is 1. The summed E-state index contributed by atoms with van der Waals surface area (Å²) in [5.74, 6) is -1.73. The third kappa shape index (κ3) is 5.63. The number of hydrogen-bond donors (Lipinski definition) is 4. The van der Waals surface area contributed by atoms with Gasteiger partial charge in [0.2, 0.25) is 0 Å². The molecule has 0 aliphatic carbocycles. The number of aryl methyl sites for hydroxylation is 1. The first-order valence-electron chi connectivity index (χ1n) is 12.2. The van der Waals surface area contributed by atoms with Crippen LogP contribution in [0.4, 0.5) is 14.5 Å². The zero-order valence-corrected chi connectivity index (χ0v) is 21.0. The molecule has 0 spiro atoms. The maximum absolute atomic E-state index is 13.9. The lowest BCUT2D eigenvalue weighted by molar-refractivity contribution is -0.110. The van der Waals surface area contributed by atoms with Gasteiger partial charge in [0.25, 0.3) is 11.8 Å². The molecule has 7 nitrogen and oxygen atoms in total. The molecule has 3 aromatic rings. The molecule has 1 aliphatic rings. The van der Waals surface area contributed by atoms with Gasteiger partial charge in [0.05, 0.1) is 17.2 Å². The number of nitrogens with zero attached hydrogens (tertiary/aromatic N) is 1. The molecule has 1 aromatic heterocycles. The van der Waals surface area contributed by atoms with E-state index in [2.05, 4.69) is 20.5 Å². The Morgan fingerprint density at radius 1 is 1.11 bits per heavy atom. The SMILES string of the molecule is CCN(CC)CC(O)CNC(=O)c1c(C)[nH]c(/C=C2\C(=O)Nc3ccc(F)cc32)c1-c1ccc(F)cc1. The Morgan fingerprint density at radius 3 is 2.46 bits per heavy atom. The van der Waals surface area contributed by atoms with E-state index in [0.717, 1.165) is 13.1 Å². The monoisotopic (exact) mass is 508 g/mol. The number of anilines is 1. The molecule has 0 saturated carbocycles. The van der Waals surface area contributed by atoms with Crippen molar-refractivity contribution in [1.82, 2.24) is 15.2 Å². The Kier molecular flexibility index (Phi) is 7.85. The van der Waals surface area contributed by atoms with Gasteiger partial charge in [-0.3, -0.25) is 9.59 Å². The fraction of sp³-hybridized carbons (Fsp3) is 0.286. The van der Waals surface area contributed by atoms with Gasteiger partial charge in [-0.25, -0.2) is 8.78 Å². The molecule has 1 atom stereocenters. The Labute approximate surface area is 214 Å². The fourth-order valence-corrected chi connectivity index (χ4v) is 4.55. The van der Waals surface area contributed by atoms with Crippen molar-refractivity contribution in [3.8, 4) is 11.1 Å². The standard InChI is InChI=1S/C28H30F2N4O3/c1-4-34(5-2)15-20(35)14-31-28(37)25-16(3)32-24(26(25)17-6-8-18(29)9-7-17)13-22-21-12-19(30)10-11-23(21)33-27(22)36/h6-13,20,32,35H,4-5,14-15H2,1-3H3,(H,31,37)(H,33,36)/b22-13-. The molecular formula is C28H30F2N4O3. The van der Waals surface area contributed by atoms with Crippen molar-refractivity contribution < 1.29 is 23.5 Å². The number of aliphatic hydroxyl groups excluding tert-OH is 1. The highest BCUT2D eigenvalue weighted by molar-refractivity contribution is 6.35. The Bertz CT molecular complexity index is 1340. The molecule has 0 radical (unpaired) electrons. The van der Waals surface area contributed by atoms with E-state index in [-0.39, 0.29) is 12.1 Å². The number of aliphatic hydroxyl groups is 1. The average molecular weight is 509 g/mol. The van der Waals surface area contributed by atoms with Crippen molar-refractivity contribution in [3.63, 3.8) is 0 Å². The number of carbonyl (C=O) groups excluding carboxylic acids is 2. The molecular weight excluding hydrogens is 478 g/mol. The van der Waals surface area contributed by atoms with Gasteiger partial charge in [-0.15, -0.1) is 0 Å². The maximum Gasteiger partial charge on any atom is 0.256 e. The number of rotatable bonds is 9. The van der Waals surface area contributed by atoms with Crippen LogP contribution in [0.3, 0.4) is 0 Å².